The number of carboxylic acids is 2. The molecule has 36 heavy (non-hydrogen) atoms. The van der Waals surface area contributed by atoms with E-state index in [1.807, 2.05) is 0 Å². The number of carbonyl (C=O) groups excluding carboxylic acids is 2. The monoisotopic (exact) mass is 548 g/mol. The summed E-state index contributed by atoms with van der Waals surface area (Å²) in [6, 6.07) is -1.99. The van der Waals surface area contributed by atoms with Gasteiger partial charge in [-0.3, -0.25) is 9.59 Å². The zero-order valence-corrected chi connectivity index (χ0v) is 21.9. The molecule has 0 aromatic carbocycles. The second-order valence-corrected chi connectivity index (χ2v) is 12.2. The van der Waals surface area contributed by atoms with Crippen molar-refractivity contribution >= 4 is 45.3 Å². The van der Waals surface area contributed by atoms with Gasteiger partial charge >= 0.3 is 11.9 Å². The number of aliphatic carboxylic acids is 2. The quantitative estimate of drug-likeness (QED) is 0.305. The minimum atomic E-state index is -1.09. The van der Waals surface area contributed by atoms with Gasteiger partial charge in [0.2, 0.25) is 11.8 Å². The number of nitrogens with zero attached hydrogens (tertiary/aromatic N) is 2. The van der Waals surface area contributed by atoms with Crippen LogP contribution in [0.2, 0.25) is 0 Å². The molecular formula is C22H32N2O10S2. The Hall–Kier alpha value is -1.58. The molecule has 4 fully saturated rings. The maximum atomic E-state index is 13.0. The first-order chi connectivity index (χ1) is 17.1. The highest BCUT2D eigenvalue weighted by Crippen LogP contribution is 2.38. The average Bonchev–Trinajstić information content (AvgIpc) is 3.64. The molecule has 0 aliphatic carbocycles. The highest BCUT2D eigenvalue weighted by molar-refractivity contribution is 8.76. The van der Waals surface area contributed by atoms with Crippen LogP contribution >= 0.6 is 21.6 Å². The lowest BCUT2D eigenvalue weighted by atomic mass is 10.1. The van der Waals surface area contributed by atoms with Crippen molar-refractivity contribution in [1.82, 2.24) is 9.80 Å². The number of carboxylic acid groups (broad SMARTS) is 2. The lowest BCUT2D eigenvalue weighted by molar-refractivity contribution is -0.153. The molecule has 4 aliphatic rings. The van der Waals surface area contributed by atoms with Crippen LogP contribution < -0.4 is 0 Å². The Balaban J connectivity index is 1.24. The van der Waals surface area contributed by atoms with Gasteiger partial charge in [0, 0.05) is 36.2 Å². The molecule has 12 nitrogen and oxygen atoms in total. The maximum Gasteiger partial charge on any atom is 0.326 e. The fourth-order valence-corrected chi connectivity index (χ4v) is 7.69. The van der Waals surface area contributed by atoms with Crippen LogP contribution in [0.3, 0.4) is 0 Å². The first-order valence-electron chi connectivity index (χ1n) is 11.9. The molecule has 14 heteroatoms. The van der Waals surface area contributed by atoms with E-state index in [0.717, 1.165) is 0 Å². The Bertz CT molecular complexity index is 807. The summed E-state index contributed by atoms with van der Waals surface area (Å²) in [7, 11) is 2.84. The predicted molar refractivity (Wildman–Crippen MR) is 128 cm³/mol. The number of hydrogen-bond donors (Lipinski definition) is 2. The molecule has 4 rings (SSSR count). The molecule has 0 bridgehead atoms. The van der Waals surface area contributed by atoms with E-state index in [0.29, 0.717) is 37.9 Å². The summed E-state index contributed by atoms with van der Waals surface area (Å²) in [5.41, 5.74) is 0. The number of likely N-dealkylation sites (tertiary alicyclic amines) is 2. The Morgan fingerprint density at radius 2 is 1.08 bits per heavy atom. The molecule has 4 heterocycles. The van der Waals surface area contributed by atoms with Crippen molar-refractivity contribution < 1.29 is 48.3 Å². The third-order valence-electron chi connectivity index (χ3n) is 6.91. The van der Waals surface area contributed by atoms with E-state index in [1.54, 1.807) is 13.8 Å². The number of amides is 2. The maximum absolute atomic E-state index is 13.0. The summed E-state index contributed by atoms with van der Waals surface area (Å²) in [5, 5.41) is 19.2. The first-order valence-corrected chi connectivity index (χ1v) is 14.4. The lowest BCUT2D eigenvalue weighted by Gasteiger charge is -2.26. The van der Waals surface area contributed by atoms with Gasteiger partial charge in [-0.2, -0.15) is 0 Å². The molecule has 202 valence electrons. The van der Waals surface area contributed by atoms with E-state index in [-0.39, 0.29) is 37.7 Å². The summed E-state index contributed by atoms with van der Waals surface area (Å²) < 4.78 is 22.4. The van der Waals surface area contributed by atoms with Gasteiger partial charge < -0.3 is 39.0 Å². The lowest BCUT2D eigenvalue weighted by Crippen LogP contribution is -2.44. The zero-order valence-electron chi connectivity index (χ0n) is 20.3. The van der Waals surface area contributed by atoms with Gasteiger partial charge in [0.05, 0.1) is 39.5 Å². The van der Waals surface area contributed by atoms with E-state index >= 15 is 0 Å². The number of rotatable bonds is 9. The number of ether oxygens (including phenoxy) is 4. The van der Waals surface area contributed by atoms with Crippen molar-refractivity contribution in [2.45, 2.75) is 50.3 Å². The number of carbonyl (C=O) groups is 4. The smallest absolute Gasteiger partial charge is 0.326 e. The van der Waals surface area contributed by atoms with Gasteiger partial charge in [0.1, 0.15) is 12.1 Å². The minimum Gasteiger partial charge on any atom is -0.480 e. The van der Waals surface area contributed by atoms with Crippen molar-refractivity contribution in [3.63, 3.8) is 0 Å². The molecule has 0 aromatic rings. The van der Waals surface area contributed by atoms with Gasteiger partial charge in [-0.1, -0.05) is 35.4 Å². The Kier molecular flexibility index (Phi) is 8.42. The van der Waals surface area contributed by atoms with Crippen LogP contribution in [-0.4, -0.2) is 118 Å². The Morgan fingerprint density at radius 1 is 0.750 bits per heavy atom. The average molecular weight is 549 g/mol. The summed E-state index contributed by atoms with van der Waals surface area (Å²) in [5.74, 6) is -4.84. The van der Waals surface area contributed by atoms with Crippen LogP contribution in [0.15, 0.2) is 0 Å². The van der Waals surface area contributed by atoms with Crippen LogP contribution in [0.1, 0.15) is 26.7 Å². The summed E-state index contributed by atoms with van der Waals surface area (Å²) in [4.78, 5) is 52.2. The van der Waals surface area contributed by atoms with E-state index in [4.69, 9.17) is 18.9 Å². The topological polar surface area (TPSA) is 152 Å². The van der Waals surface area contributed by atoms with Crippen molar-refractivity contribution in [3.8, 4) is 0 Å². The minimum absolute atomic E-state index is 0.0893. The van der Waals surface area contributed by atoms with Crippen LogP contribution in [0.4, 0.5) is 0 Å². The highest BCUT2D eigenvalue weighted by Gasteiger charge is 2.54. The molecule has 2 spiro atoms. The molecule has 2 N–H and O–H groups in total. The first kappa shape index (κ1) is 27.5. The molecule has 0 aromatic heterocycles. The van der Waals surface area contributed by atoms with Crippen molar-refractivity contribution in [2.75, 3.05) is 51.0 Å². The summed E-state index contributed by atoms with van der Waals surface area (Å²) >= 11 is 0. The van der Waals surface area contributed by atoms with Crippen molar-refractivity contribution in [1.29, 1.82) is 0 Å². The standard InChI is InChI=1S/C22H32N2O10S2/c1-13(17(25)23-11-21(31-3-4-32-21)7-15(23)19(27)28)9-35-36-10-14(2)18(26)24-12-22(33-5-6-34-22)8-16(24)20(29)30/h13-16H,3-12H2,1-2H3,(H,27,28)(H,29,30)/t13-,14-,15+,16+/m1/s1. The molecule has 4 atom stereocenters. The van der Waals surface area contributed by atoms with Crippen LogP contribution in [-0.2, 0) is 38.1 Å². The van der Waals surface area contributed by atoms with E-state index in [2.05, 4.69) is 0 Å². The summed E-state index contributed by atoms with van der Waals surface area (Å²) in [6.45, 7) is 5.16. The van der Waals surface area contributed by atoms with Crippen molar-refractivity contribution in [3.05, 3.63) is 0 Å². The molecule has 0 saturated carbocycles. The van der Waals surface area contributed by atoms with Gasteiger partial charge in [0.25, 0.3) is 0 Å². The zero-order chi connectivity index (χ0) is 26.1. The van der Waals surface area contributed by atoms with Crippen LogP contribution in [0.5, 0.6) is 0 Å². The second-order valence-electron chi connectivity index (χ2n) is 9.63. The van der Waals surface area contributed by atoms with Gasteiger partial charge in [-0.15, -0.1) is 0 Å². The predicted octanol–water partition coefficient (Wildman–Crippen LogP) is 0.497. The molecule has 4 aliphatic heterocycles. The Morgan fingerprint density at radius 3 is 1.39 bits per heavy atom. The molecule has 2 amide bonds. The molecule has 0 radical (unpaired) electrons. The molecule has 4 saturated heterocycles. The van der Waals surface area contributed by atoms with E-state index in [9.17, 15) is 29.4 Å². The second kappa shape index (κ2) is 11.0. The highest BCUT2D eigenvalue weighted by atomic mass is 33.1. The molecular weight excluding hydrogens is 516 g/mol. The SMILES string of the molecule is C[C@H](CSSC[C@@H](C)C(=O)N1CC2(C[C@H]1C(=O)O)OCCO2)C(=O)N1CC2(C[C@H]1C(=O)O)OCCO2. The summed E-state index contributed by atoms with van der Waals surface area (Å²) in [6.07, 6.45) is 0.209. The van der Waals surface area contributed by atoms with Crippen LogP contribution in [0, 0.1) is 11.8 Å². The van der Waals surface area contributed by atoms with Crippen LogP contribution in [0.25, 0.3) is 0 Å². The number of hydrogen-bond acceptors (Lipinski definition) is 10. The van der Waals surface area contributed by atoms with E-state index in [1.165, 1.54) is 31.4 Å². The van der Waals surface area contributed by atoms with Gasteiger partial charge in [-0.05, 0) is 0 Å². The van der Waals surface area contributed by atoms with Gasteiger partial charge in [-0.25, -0.2) is 9.59 Å². The third-order valence-corrected chi connectivity index (χ3v) is 9.66. The Labute approximate surface area is 216 Å². The van der Waals surface area contributed by atoms with E-state index < -0.39 is 47.4 Å². The fourth-order valence-electron chi connectivity index (χ4n) is 5.00. The van der Waals surface area contributed by atoms with Gasteiger partial charge in [0.15, 0.2) is 11.6 Å². The third kappa shape index (κ3) is 5.63. The molecule has 0 unspecified atom stereocenters. The fraction of sp³-hybridized carbons (Fsp3) is 0.818. The largest absolute Gasteiger partial charge is 0.480 e. The normalized spacial score (nSPS) is 28.2. The van der Waals surface area contributed by atoms with Crippen molar-refractivity contribution in [2.24, 2.45) is 11.8 Å².